The van der Waals surface area contributed by atoms with Crippen LogP contribution in [0.25, 0.3) is 0 Å². The van der Waals surface area contributed by atoms with Crippen LogP contribution in [-0.4, -0.2) is 47.5 Å². The summed E-state index contributed by atoms with van der Waals surface area (Å²) >= 11 is 5.69. The van der Waals surface area contributed by atoms with Crippen molar-refractivity contribution < 1.29 is 23.9 Å². The quantitative estimate of drug-likeness (QED) is 0.665. The van der Waals surface area contributed by atoms with Crippen molar-refractivity contribution in [2.75, 3.05) is 13.6 Å². The van der Waals surface area contributed by atoms with Crippen molar-refractivity contribution in [1.82, 2.24) is 15.5 Å². The van der Waals surface area contributed by atoms with Gasteiger partial charge in [-0.15, -0.1) is 0 Å². The number of hydrogen-bond donors (Lipinski definition) is 3. The number of aliphatic carboxylic acids is 1. The molecule has 1 aromatic carbocycles. The lowest BCUT2D eigenvalue weighted by atomic mass is 10.00. The van der Waals surface area contributed by atoms with Gasteiger partial charge in [0, 0.05) is 26.4 Å². The molecule has 9 heteroatoms. The number of hydrogen-bond acceptors (Lipinski definition) is 3. The largest absolute Gasteiger partial charge is 0.481 e. The highest BCUT2D eigenvalue weighted by Crippen LogP contribution is 2.33. The third-order valence-electron chi connectivity index (χ3n) is 4.04. The van der Waals surface area contributed by atoms with Gasteiger partial charge in [-0.1, -0.05) is 17.7 Å². The second-order valence-electron chi connectivity index (χ2n) is 5.83. The van der Waals surface area contributed by atoms with Crippen LogP contribution in [0.15, 0.2) is 18.2 Å². The van der Waals surface area contributed by atoms with E-state index in [9.17, 15) is 18.8 Å². The van der Waals surface area contributed by atoms with Crippen LogP contribution in [0.5, 0.6) is 0 Å². The maximum absolute atomic E-state index is 13.7. The smallest absolute Gasteiger partial charge is 0.315 e. The van der Waals surface area contributed by atoms with Crippen LogP contribution >= 0.6 is 11.6 Å². The number of carbonyl (C=O) groups is 3. The molecule has 1 fully saturated rings. The summed E-state index contributed by atoms with van der Waals surface area (Å²) < 4.78 is 13.7. The molecule has 25 heavy (non-hydrogen) atoms. The molecule has 0 radical (unpaired) electrons. The van der Waals surface area contributed by atoms with Crippen molar-refractivity contribution in [2.45, 2.75) is 31.3 Å². The zero-order chi connectivity index (χ0) is 18.6. The van der Waals surface area contributed by atoms with Crippen molar-refractivity contribution in [3.05, 3.63) is 34.6 Å². The Balaban J connectivity index is 2.02. The number of amides is 3. The molecule has 3 N–H and O–H groups in total. The van der Waals surface area contributed by atoms with Crippen molar-refractivity contribution in [3.8, 4) is 0 Å². The number of likely N-dealkylation sites (tertiary alicyclic amines) is 1. The molecule has 2 unspecified atom stereocenters. The second kappa shape index (κ2) is 8.15. The van der Waals surface area contributed by atoms with Crippen LogP contribution in [-0.2, 0) is 9.59 Å². The maximum atomic E-state index is 13.7. The molecule has 3 amide bonds. The molecule has 1 aromatic rings. The molecule has 0 saturated carbocycles. The number of halogens is 2. The molecule has 0 bridgehead atoms. The van der Waals surface area contributed by atoms with E-state index in [-0.39, 0.29) is 30.3 Å². The van der Waals surface area contributed by atoms with E-state index in [1.54, 1.807) is 13.1 Å². The Kier molecular flexibility index (Phi) is 6.19. The van der Waals surface area contributed by atoms with Crippen molar-refractivity contribution in [3.63, 3.8) is 0 Å². The topological polar surface area (TPSA) is 98.7 Å². The van der Waals surface area contributed by atoms with E-state index < -0.39 is 29.9 Å². The highest BCUT2D eigenvalue weighted by atomic mass is 35.5. The molecule has 2 atom stereocenters. The van der Waals surface area contributed by atoms with E-state index in [0.29, 0.717) is 12.0 Å². The molecule has 1 heterocycles. The Morgan fingerprint density at radius 1 is 1.44 bits per heavy atom. The Bertz CT molecular complexity index is 685. The number of nitrogens with zero attached hydrogens (tertiary/aromatic N) is 1. The number of carboxylic acid groups (broad SMARTS) is 1. The average molecular weight is 372 g/mol. The Morgan fingerprint density at radius 2 is 2.16 bits per heavy atom. The minimum atomic E-state index is -0.935. The van der Waals surface area contributed by atoms with E-state index in [1.165, 1.54) is 17.0 Å². The highest BCUT2D eigenvalue weighted by molar-refractivity contribution is 6.30. The van der Waals surface area contributed by atoms with Gasteiger partial charge in [-0.3, -0.25) is 9.59 Å². The van der Waals surface area contributed by atoms with E-state index in [1.807, 2.05) is 0 Å². The lowest BCUT2D eigenvalue weighted by Gasteiger charge is -2.26. The fraction of sp³-hybridized carbons (Fsp3) is 0.438. The van der Waals surface area contributed by atoms with Crippen LogP contribution < -0.4 is 10.6 Å². The molecule has 136 valence electrons. The van der Waals surface area contributed by atoms with Gasteiger partial charge in [0.05, 0.1) is 17.1 Å². The van der Waals surface area contributed by atoms with Gasteiger partial charge in [-0.2, -0.15) is 0 Å². The molecule has 2 rings (SSSR count). The zero-order valence-corrected chi connectivity index (χ0v) is 14.3. The molecule has 0 aliphatic carbocycles. The van der Waals surface area contributed by atoms with E-state index in [0.717, 1.165) is 0 Å². The summed E-state index contributed by atoms with van der Waals surface area (Å²) in [7, 11) is 1.59. The number of urea groups is 1. The molecule has 0 spiro atoms. The first-order valence-corrected chi connectivity index (χ1v) is 8.14. The van der Waals surface area contributed by atoms with Crippen molar-refractivity contribution in [2.24, 2.45) is 0 Å². The molecular formula is C16H19ClFN3O4. The van der Waals surface area contributed by atoms with E-state index >= 15 is 0 Å². The Labute approximate surface area is 149 Å². The van der Waals surface area contributed by atoms with Crippen LogP contribution in [0.1, 0.15) is 30.9 Å². The SMILES string of the molecule is CN1C(=O)CC(NC(=O)NCCCC(=O)O)C1c1ccc(Cl)c(F)c1. The highest BCUT2D eigenvalue weighted by Gasteiger charge is 2.39. The van der Waals surface area contributed by atoms with Crippen LogP contribution in [0, 0.1) is 5.82 Å². The number of nitrogens with one attached hydrogen (secondary N) is 2. The van der Waals surface area contributed by atoms with Gasteiger partial charge in [0.25, 0.3) is 0 Å². The van der Waals surface area contributed by atoms with Crippen molar-refractivity contribution >= 4 is 29.5 Å². The third kappa shape index (κ3) is 4.82. The summed E-state index contributed by atoms with van der Waals surface area (Å²) in [6.07, 6.45) is 0.351. The number of rotatable bonds is 6. The standard InChI is InChI=1S/C16H19ClFN3O4/c1-21-13(22)8-12(20-16(25)19-6-2-3-14(23)24)15(21)9-4-5-10(17)11(18)7-9/h4-5,7,12,15H,2-3,6,8H2,1H3,(H,23,24)(H2,19,20,25). The summed E-state index contributed by atoms with van der Waals surface area (Å²) in [5.74, 6) is -1.70. The fourth-order valence-electron chi connectivity index (χ4n) is 2.81. The first-order valence-electron chi connectivity index (χ1n) is 7.76. The summed E-state index contributed by atoms with van der Waals surface area (Å²) in [4.78, 5) is 35.9. The monoisotopic (exact) mass is 371 g/mol. The van der Waals surface area contributed by atoms with Gasteiger partial charge >= 0.3 is 12.0 Å². The number of likely N-dealkylation sites (N-methyl/N-ethyl adjacent to an activating group) is 1. The predicted molar refractivity (Wildman–Crippen MR) is 88.7 cm³/mol. The van der Waals surface area contributed by atoms with Gasteiger partial charge in [0.1, 0.15) is 5.82 Å². The zero-order valence-electron chi connectivity index (χ0n) is 13.6. The summed E-state index contributed by atoms with van der Waals surface area (Å²) in [5, 5.41) is 13.8. The average Bonchev–Trinajstić information content (AvgIpc) is 2.81. The molecule has 0 aromatic heterocycles. The minimum absolute atomic E-state index is 0.0172. The first-order chi connectivity index (χ1) is 11.8. The summed E-state index contributed by atoms with van der Waals surface area (Å²) in [6.45, 7) is 0.203. The first kappa shape index (κ1) is 19.0. The lowest BCUT2D eigenvalue weighted by molar-refractivity contribution is -0.137. The number of carbonyl (C=O) groups excluding carboxylic acids is 2. The Hall–Kier alpha value is -2.35. The molecule has 1 aliphatic heterocycles. The number of benzene rings is 1. The molecular weight excluding hydrogens is 353 g/mol. The van der Waals surface area contributed by atoms with Gasteiger partial charge < -0.3 is 20.6 Å². The van der Waals surface area contributed by atoms with E-state index in [4.69, 9.17) is 16.7 Å². The summed E-state index contributed by atoms with van der Waals surface area (Å²) in [5.41, 5.74) is 0.534. The van der Waals surface area contributed by atoms with Crippen molar-refractivity contribution in [1.29, 1.82) is 0 Å². The van der Waals surface area contributed by atoms with Crippen LogP contribution in [0.2, 0.25) is 5.02 Å². The van der Waals surface area contributed by atoms with Crippen LogP contribution in [0.3, 0.4) is 0 Å². The normalized spacial score (nSPS) is 19.8. The minimum Gasteiger partial charge on any atom is -0.481 e. The molecule has 1 aliphatic rings. The molecule has 7 nitrogen and oxygen atoms in total. The van der Waals surface area contributed by atoms with Gasteiger partial charge in [-0.05, 0) is 24.1 Å². The van der Waals surface area contributed by atoms with E-state index in [2.05, 4.69) is 10.6 Å². The predicted octanol–water partition coefficient (Wildman–Crippen LogP) is 1.91. The van der Waals surface area contributed by atoms with Gasteiger partial charge in [0.15, 0.2) is 0 Å². The fourth-order valence-corrected chi connectivity index (χ4v) is 2.93. The Morgan fingerprint density at radius 3 is 2.80 bits per heavy atom. The second-order valence-corrected chi connectivity index (χ2v) is 6.24. The lowest BCUT2D eigenvalue weighted by Crippen LogP contribution is -2.44. The van der Waals surface area contributed by atoms with Gasteiger partial charge in [0.2, 0.25) is 5.91 Å². The number of carboxylic acids is 1. The summed E-state index contributed by atoms with van der Waals surface area (Å²) in [6, 6.07) is 2.73. The molecule has 1 saturated heterocycles. The van der Waals surface area contributed by atoms with Crippen LogP contribution in [0.4, 0.5) is 9.18 Å². The van der Waals surface area contributed by atoms with Gasteiger partial charge in [-0.25, -0.2) is 9.18 Å². The maximum Gasteiger partial charge on any atom is 0.315 e. The third-order valence-corrected chi connectivity index (χ3v) is 4.35.